The van der Waals surface area contributed by atoms with Crippen LogP contribution in [0.25, 0.3) is 21.8 Å². The number of unbranched alkanes of at least 4 members (excludes halogenated alkanes) is 1. The van der Waals surface area contributed by atoms with Crippen molar-refractivity contribution in [3.63, 3.8) is 0 Å². The van der Waals surface area contributed by atoms with Crippen molar-refractivity contribution in [2.24, 2.45) is 7.05 Å². The summed E-state index contributed by atoms with van der Waals surface area (Å²) in [5, 5.41) is 2.62. The molecule has 2 aromatic heterocycles. The number of benzene rings is 1. The Hall–Kier alpha value is -2.07. The van der Waals surface area contributed by atoms with Crippen LogP contribution in [0.3, 0.4) is 0 Å². The average molecular weight is 353 g/mol. The Balaban J connectivity index is 1.79. The van der Waals surface area contributed by atoms with E-state index in [4.69, 9.17) is 4.98 Å². The van der Waals surface area contributed by atoms with Gasteiger partial charge in [0.2, 0.25) is 0 Å². The third-order valence-electron chi connectivity index (χ3n) is 5.55. The van der Waals surface area contributed by atoms with Crippen molar-refractivity contribution in [1.29, 1.82) is 0 Å². The minimum absolute atomic E-state index is 1.05. The van der Waals surface area contributed by atoms with Crippen molar-refractivity contribution in [2.45, 2.75) is 33.6 Å². The highest BCUT2D eigenvalue weighted by atomic mass is 15.2. The predicted octanol–water partition coefficient (Wildman–Crippen LogP) is 4.59. The van der Waals surface area contributed by atoms with Crippen molar-refractivity contribution in [3.8, 4) is 0 Å². The van der Waals surface area contributed by atoms with E-state index in [1.54, 1.807) is 0 Å². The molecule has 0 aliphatic heterocycles. The Morgan fingerprint density at radius 3 is 2.42 bits per heavy atom. The lowest BCUT2D eigenvalue weighted by Crippen LogP contribution is -2.25. The zero-order chi connectivity index (χ0) is 18.7. The van der Waals surface area contributed by atoms with Crippen LogP contribution in [0, 0.1) is 6.92 Å². The number of fused-ring (bicyclic) bond motifs is 3. The molecule has 0 saturated heterocycles. The van der Waals surface area contributed by atoms with Crippen LogP contribution in [0.1, 0.15) is 32.4 Å². The van der Waals surface area contributed by atoms with Crippen molar-refractivity contribution in [1.82, 2.24) is 14.5 Å². The normalized spacial score (nSPS) is 11.8. The van der Waals surface area contributed by atoms with Crippen LogP contribution in [0.15, 0.2) is 30.3 Å². The number of nitrogens with zero attached hydrogens (tertiary/aromatic N) is 4. The number of para-hydroxylation sites is 1. The molecule has 0 aliphatic rings. The monoisotopic (exact) mass is 352 g/mol. The van der Waals surface area contributed by atoms with Crippen LogP contribution >= 0.6 is 0 Å². The maximum absolute atomic E-state index is 4.90. The molecule has 4 heteroatoms. The highest BCUT2D eigenvalue weighted by Crippen LogP contribution is 2.31. The zero-order valence-electron chi connectivity index (χ0n) is 16.9. The number of aromatic nitrogens is 2. The molecular formula is C22H32N4. The highest BCUT2D eigenvalue weighted by molar-refractivity contribution is 6.09. The minimum Gasteiger partial charge on any atom is -0.360 e. The van der Waals surface area contributed by atoms with Gasteiger partial charge >= 0.3 is 0 Å². The number of hydrogen-bond donors (Lipinski definition) is 0. The number of pyridine rings is 1. The summed E-state index contributed by atoms with van der Waals surface area (Å²) in [7, 11) is 4.30. The highest BCUT2D eigenvalue weighted by Gasteiger charge is 2.14. The SMILES string of the molecule is CCN(CC)CCCCN(C)c1cc2c3ccccc3n(C)c2c(C)n1. The van der Waals surface area contributed by atoms with Crippen LogP contribution in [-0.2, 0) is 7.05 Å². The van der Waals surface area contributed by atoms with Gasteiger partial charge in [-0.05, 0) is 51.5 Å². The smallest absolute Gasteiger partial charge is 0.129 e. The molecule has 0 saturated carbocycles. The third-order valence-corrected chi connectivity index (χ3v) is 5.55. The molecule has 1 aromatic carbocycles. The lowest BCUT2D eigenvalue weighted by atomic mass is 10.1. The molecule has 0 spiro atoms. The molecule has 3 rings (SSSR count). The Kier molecular flexibility index (Phi) is 5.82. The second-order valence-electron chi connectivity index (χ2n) is 7.19. The first-order valence-electron chi connectivity index (χ1n) is 9.85. The molecule has 0 unspecified atom stereocenters. The predicted molar refractivity (Wildman–Crippen MR) is 113 cm³/mol. The lowest BCUT2D eigenvalue weighted by Gasteiger charge is -2.21. The molecule has 0 N–H and O–H groups in total. The molecular weight excluding hydrogens is 320 g/mol. The summed E-state index contributed by atoms with van der Waals surface area (Å²) in [6.07, 6.45) is 2.43. The average Bonchev–Trinajstić information content (AvgIpc) is 2.95. The standard InChI is InChI=1S/C22H32N4/c1-6-26(7-2)15-11-10-14-24(4)21-16-19-18-12-8-9-13-20(18)25(5)22(19)17(3)23-21/h8-9,12-13,16H,6-7,10-11,14-15H2,1-5H3. The van der Waals surface area contributed by atoms with Gasteiger partial charge < -0.3 is 14.4 Å². The van der Waals surface area contributed by atoms with Crippen LogP contribution in [0.2, 0.25) is 0 Å². The van der Waals surface area contributed by atoms with Crippen LogP contribution < -0.4 is 4.90 Å². The van der Waals surface area contributed by atoms with Crippen LogP contribution in [0.5, 0.6) is 0 Å². The Morgan fingerprint density at radius 1 is 1.00 bits per heavy atom. The van der Waals surface area contributed by atoms with E-state index in [0.717, 1.165) is 31.1 Å². The van der Waals surface area contributed by atoms with E-state index in [9.17, 15) is 0 Å². The molecule has 26 heavy (non-hydrogen) atoms. The first-order valence-corrected chi connectivity index (χ1v) is 9.85. The van der Waals surface area contributed by atoms with E-state index in [0.29, 0.717) is 0 Å². The fourth-order valence-corrected chi connectivity index (χ4v) is 3.93. The van der Waals surface area contributed by atoms with Crippen molar-refractivity contribution >= 4 is 27.6 Å². The van der Waals surface area contributed by atoms with E-state index in [-0.39, 0.29) is 0 Å². The van der Waals surface area contributed by atoms with Gasteiger partial charge in [0.25, 0.3) is 0 Å². The Bertz CT molecular complexity index is 877. The quantitative estimate of drug-likeness (QED) is 0.554. The van der Waals surface area contributed by atoms with Gasteiger partial charge in [-0.3, -0.25) is 0 Å². The number of hydrogen-bond acceptors (Lipinski definition) is 3. The van der Waals surface area contributed by atoms with Crippen molar-refractivity contribution < 1.29 is 0 Å². The molecule has 4 nitrogen and oxygen atoms in total. The second kappa shape index (κ2) is 8.09. The number of anilines is 1. The summed E-state index contributed by atoms with van der Waals surface area (Å²) in [6, 6.07) is 10.9. The first kappa shape index (κ1) is 18.7. The Labute approximate surface area is 157 Å². The summed E-state index contributed by atoms with van der Waals surface area (Å²) < 4.78 is 2.26. The van der Waals surface area contributed by atoms with Gasteiger partial charge in [-0.15, -0.1) is 0 Å². The molecule has 0 radical (unpaired) electrons. The van der Waals surface area contributed by atoms with E-state index in [2.05, 4.69) is 79.6 Å². The van der Waals surface area contributed by atoms with Gasteiger partial charge in [0, 0.05) is 36.9 Å². The maximum Gasteiger partial charge on any atom is 0.129 e. The van der Waals surface area contributed by atoms with E-state index in [1.165, 1.54) is 41.2 Å². The summed E-state index contributed by atoms with van der Waals surface area (Å²) in [6.45, 7) is 11.1. The number of rotatable bonds is 8. The maximum atomic E-state index is 4.90. The first-order chi connectivity index (χ1) is 12.6. The van der Waals surface area contributed by atoms with Crippen LogP contribution in [-0.4, -0.2) is 47.7 Å². The summed E-state index contributed by atoms with van der Waals surface area (Å²) in [4.78, 5) is 9.69. The fourth-order valence-electron chi connectivity index (χ4n) is 3.93. The molecule has 0 fully saturated rings. The van der Waals surface area contributed by atoms with Crippen molar-refractivity contribution in [3.05, 3.63) is 36.0 Å². The van der Waals surface area contributed by atoms with E-state index >= 15 is 0 Å². The van der Waals surface area contributed by atoms with Gasteiger partial charge in [-0.25, -0.2) is 4.98 Å². The van der Waals surface area contributed by atoms with Gasteiger partial charge in [-0.1, -0.05) is 32.0 Å². The third kappa shape index (κ3) is 3.56. The Morgan fingerprint density at radius 2 is 1.69 bits per heavy atom. The zero-order valence-corrected chi connectivity index (χ0v) is 16.9. The van der Waals surface area contributed by atoms with Gasteiger partial charge in [-0.2, -0.15) is 0 Å². The largest absolute Gasteiger partial charge is 0.360 e. The second-order valence-corrected chi connectivity index (χ2v) is 7.19. The fraction of sp³-hybridized carbons (Fsp3) is 0.500. The molecule has 2 heterocycles. The summed E-state index contributed by atoms with van der Waals surface area (Å²) >= 11 is 0. The lowest BCUT2D eigenvalue weighted by molar-refractivity contribution is 0.297. The van der Waals surface area contributed by atoms with E-state index in [1.807, 2.05) is 0 Å². The van der Waals surface area contributed by atoms with Gasteiger partial charge in [0.15, 0.2) is 0 Å². The van der Waals surface area contributed by atoms with Crippen molar-refractivity contribution in [2.75, 3.05) is 38.1 Å². The summed E-state index contributed by atoms with van der Waals surface area (Å²) in [5.74, 6) is 1.08. The molecule has 0 amide bonds. The molecule has 0 atom stereocenters. The molecule has 0 aliphatic carbocycles. The molecule has 3 aromatic rings. The minimum atomic E-state index is 1.05. The molecule has 0 bridgehead atoms. The molecule has 140 valence electrons. The van der Waals surface area contributed by atoms with Gasteiger partial charge in [0.05, 0.1) is 11.2 Å². The van der Waals surface area contributed by atoms with E-state index < -0.39 is 0 Å². The van der Waals surface area contributed by atoms with Gasteiger partial charge in [0.1, 0.15) is 5.82 Å². The topological polar surface area (TPSA) is 24.3 Å². The van der Waals surface area contributed by atoms with Crippen LogP contribution in [0.4, 0.5) is 5.82 Å². The summed E-state index contributed by atoms with van der Waals surface area (Å²) in [5.41, 5.74) is 3.61. The number of aryl methyl sites for hydroxylation is 2.